The van der Waals surface area contributed by atoms with E-state index in [4.69, 9.17) is 4.74 Å². The average Bonchev–Trinajstić information content (AvgIpc) is 2.53. The van der Waals surface area contributed by atoms with Crippen molar-refractivity contribution in [2.24, 2.45) is 0 Å². The van der Waals surface area contributed by atoms with E-state index in [-0.39, 0.29) is 0 Å². The summed E-state index contributed by atoms with van der Waals surface area (Å²) in [6, 6.07) is 0.680. The van der Waals surface area contributed by atoms with E-state index in [2.05, 4.69) is 26.1 Å². The molecule has 1 saturated heterocycles. The highest BCUT2D eigenvalue weighted by molar-refractivity contribution is 4.74. The van der Waals surface area contributed by atoms with E-state index in [0.29, 0.717) is 18.2 Å². The molecule has 2 nitrogen and oxygen atoms in total. The predicted molar refractivity (Wildman–Crippen MR) is 55.9 cm³/mol. The summed E-state index contributed by atoms with van der Waals surface area (Å²) >= 11 is 0. The van der Waals surface area contributed by atoms with Gasteiger partial charge in [0, 0.05) is 12.6 Å². The van der Waals surface area contributed by atoms with Crippen molar-refractivity contribution in [1.29, 1.82) is 0 Å². The first-order valence-corrected chi connectivity index (χ1v) is 5.65. The fourth-order valence-corrected chi connectivity index (χ4v) is 1.91. The van der Waals surface area contributed by atoms with Crippen LogP contribution >= 0.6 is 0 Å². The van der Waals surface area contributed by atoms with E-state index in [1.54, 1.807) is 0 Å². The van der Waals surface area contributed by atoms with Crippen molar-refractivity contribution in [2.75, 3.05) is 6.54 Å². The Bertz CT molecular complexity index is 134. The molecule has 2 heteroatoms. The number of hydrogen-bond acceptors (Lipinski definition) is 2. The predicted octanol–water partition coefficient (Wildman–Crippen LogP) is 2.33. The molecule has 13 heavy (non-hydrogen) atoms. The minimum atomic E-state index is 0.468. The van der Waals surface area contributed by atoms with Crippen LogP contribution in [0.4, 0.5) is 0 Å². The van der Waals surface area contributed by atoms with Crippen LogP contribution in [0.1, 0.15) is 46.5 Å². The molecule has 0 amide bonds. The quantitative estimate of drug-likeness (QED) is 0.710. The van der Waals surface area contributed by atoms with E-state index in [1.807, 2.05) is 0 Å². The Hall–Kier alpha value is -0.0800. The third-order valence-electron chi connectivity index (χ3n) is 2.94. The lowest BCUT2D eigenvalue weighted by Gasteiger charge is -2.18. The highest BCUT2D eigenvalue weighted by Gasteiger charge is 2.21. The summed E-state index contributed by atoms with van der Waals surface area (Å²) < 4.78 is 5.74. The van der Waals surface area contributed by atoms with Crippen molar-refractivity contribution in [3.05, 3.63) is 0 Å². The highest BCUT2D eigenvalue weighted by atomic mass is 16.5. The Kier molecular flexibility index (Phi) is 4.74. The molecular formula is C11H23NO. The Morgan fingerprint density at radius 2 is 2.00 bits per heavy atom. The summed E-state index contributed by atoms with van der Waals surface area (Å²) in [6.07, 6.45) is 5.85. The number of rotatable bonds is 5. The lowest BCUT2D eigenvalue weighted by molar-refractivity contribution is 0.0542. The minimum absolute atomic E-state index is 0.468. The van der Waals surface area contributed by atoms with Crippen LogP contribution in [0, 0.1) is 0 Å². The monoisotopic (exact) mass is 185 g/mol. The second kappa shape index (κ2) is 5.61. The molecule has 78 valence electrons. The molecule has 0 radical (unpaired) electrons. The van der Waals surface area contributed by atoms with E-state index in [0.717, 1.165) is 6.54 Å². The van der Waals surface area contributed by atoms with Gasteiger partial charge in [-0.1, -0.05) is 13.8 Å². The number of hydrogen-bond donors (Lipinski definition) is 1. The maximum absolute atomic E-state index is 5.74. The maximum atomic E-state index is 5.74. The van der Waals surface area contributed by atoms with Crippen molar-refractivity contribution >= 4 is 0 Å². The Morgan fingerprint density at radius 1 is 1.31 bits per heavy atom. The van der Waals surface area contributed by atoms with Gasteiger partial charge in [-0.2, -0.15) is 0 Å². The second-order valence-corrected chi connectivity index (χ2v) is 4.07. The molecule has 0 aromatic carbocycles. The van der Waals surface area contributed by atoms with Crippen LogP contribution in [0.25, 0.3) is 0 Å². The van der Waals surface area contributed by atoms with Gasteiger partial charge in [0.1, 0.15) is 0 Å². The van der Waals surface area contributed by atoms with Crippen LogP contribution in [0.15, 0.2) is 0 Å². The van der Waals surface area contributed by atoms with Crippen LogP contribution in [0.5, 0.6) is 0 Å². The van der Waals surface area contributed by atoms with Crippen LogP contribution in [-0.4, -0.2) is 24.8 Å². The highest BCUT2D eigenvalue weighted by Crippen LogP contribution is 2.18. The molecule has 1 rings (SSSR count). The normalized spacial score (nSPS) is 28.6. The van der Waals surface area contributed by atoms with Gasteiger partial charge in [-0.15, -0.1) is 0 Å². The SMILES string of the molecule is CCC(CC)NCC1CCC(C)O1. The zero-order chi connectivity index (χ0) is 9.68. The van der Waals surface area contributed by atoms with Gasteiger partial charge in [0.25, 0.3) is 0 Å². The van der Waals surface area contributed by atoms with Gasteiger partial charge in [-0.3, -0.25) is 0 Å². The first-order valence-electron chi connectivity index (χ1n) is 5.65. The summed E-state index contributed by atoms with van der Waals surface area (Å²) in [4.78, 5) is 0. The fourth-order valence-electron chi connectivity index (χ4n) is 1.91. The molecule has 1 aliphatic rings. The Balaban J connectivity index is 2.11. The standard InChI is InChI=1S/C11H23NO/c1-4-10(5-2)12-8-11-7-6-9(3)13-11/h9-12H,4-8H2,1-3H3. The van der Waals surface area contributed by atoms with Gasteiger partial charge in [-0.05, 0) is 32.6 Å². The first-order chi connectivity index (χ1) is 6.26. The third kappa shape index (κ3) is 3.65. The maximum Gasteiger partial charge on any atom is 0.0704 e. The van der Waals surface area contributed by atoms with Crippen LogP contribution in [0.3, 0.4) is 0 Å². The van der Waals surface area contributed by atoms with E-state index in [1.165, 1.54) is 25.7 Å². The molecule has 1 heterocycles. The van der Waals surface area contributed by atoms with Gasteiger partial charge in [0.05, 0.1) is 12.2 Å². The van der Waals surface area contributed by atoms with E-state index in [9.17, 15) is 0 Å². The van der Waals surface area contributed by atoms with E-state index < -0.39 is 0 Å². The molecule has 0 bridgehead atoms. The van der Waals surface area contributed by atoms with Crippen molar-refractivity contribution in [1.82, 2.24) is 5.32 Å². The first kappa shape index (κ1) is 11.0. The second-order valence-electron chi connectivity index (χ2n) is 4.07. The van der Waals surface area contributed by atoms with Gasteiger partial charge in [0.2, 0.25) is 0 Å². The molecule has 0 saturated carbocycles. The van der Waals surface area contributed by atoms with Gasteiger partial charge >= 0.3 is 0 Å². The smallest absolute Gasteiger partial charge is 0.0704 e. The zero-order valence-corrected chi connectivity index (χ0v) is 9.18. The topological polar surface area (TPSA) is 21.3 Å². The van der Waals surface area contributed by atoms with Crippen molar-refractivity contribution < 1.29 is 4.74 Å². The molecule has 2 unspecified atom stereocenters. The van der Waals surface area contributed by atoms with E-state index >= 15 is 0 Å². The molecule has 1 N–H and O–H groups in total. The van der Waals surface area contributed by atoms with Crippen LogP contribution < -0.4 is 5.32 Å². The summed E-state index contributed by atoms with van der Waals surface area (Å²) in [5, 5.41) is 3.56. The molecule has 0 aliphatic carbocycles. The number of ether oxygens (including phenoxy) is 1. The van der Waals surface area contributed by atoms with Crippen molar-refractivity contribution in [2.45, 2.75) is 64.7 Å². The molecule has 0 aromatic heterocycles. The summed E-state index contributed by atoms with van der Waals surface area (Å²) in [5.74, 6) is 0. The molecule has 1 fully saturated rings. The molecule has 0 spiro atoms. The zero-order valence-electron chi connectivity index (χ0n) is 9.18. The van der Waals surface area contributed by atoms with Crippen molar-refractivity contribution in [3.63, 3.8) is 0 Å². The summed E-state index contributed by atoms with van der Waals surface area (Å²) in [7, 11) is 0. The lowest BCUT2D eigenvalue weighted by Crippen LogP contribution is -2.34. The van der Waals surface area contributed by atoms with Crippen LogP contribution in [-0.2, 0) is 4.74 Å². The fraction of sp³-hybridized carbons (Fsp3) is 1.00. The summed E-state index contributed by atoms with van der Waals surface area (Å²) in [6.45, 7) is 7.67. The van der Waals surface area contributed by atoms with Crippen LogP contribution in [0.2, 0.25) is 0 Å². The molecule has 2 atom stereocenters. The molecule has 0 aromatic rings. The average molecular weight is 185 g/mol. The summed E-state index contributed by atoms with van der Waals surface area (Å²) in [5.41, 5.74) is 0. The molecule has 1 aliphatic heterocycles. The lowest BCUT2D eigenvalue weighted by atomic mass is 10.1. The van der Waals surface area contributed by atoms with Gasteiger partial charge in [-0.25, -0.2) is 0 Å². The Morgan fingerprint density at radius 3 is 2.46 bits per heavy atom. The van der Waals surface area contributed by atoms with Crippen molar-refractivity contribution in [3.8, 4) is 0 Å². The largest absolute Gasteiger partial charge is 0.374 e. The molecular weight excluding hydrogens is 162 g/mol. The third-order valence-corrected chi connectivity index (χ3v) is 2.94. The number of nitrogens with one attached hydrogen (secondary N) is 1. The minimum Gasteiger partial charge on any atom is -0.374 e. The van der Waals surface area contributed by atoms with Gasteiger partial charge in [0.15, 0.2) is 0 Å². The van der Waals surface area contributed by atoms with Gasteiger partial charge < -0.3 is 10.1 Å². The Labute approximate surface area is 82.0 Å².